The predicted octanol–water partition coefficient (Wildman–Crippen LogP) is 0.435. The van der Waals surface area contributed by atoms with Crippen molar-refractivity contribution in [1.82, 2.24) is 29.4 Å². The molecule has 0 bridgehead atoms. The van der Waals surface area contributed by atoms with Crippen LogP contribution in [0, 0.1) is 0 Å². The summed E-state index contributed by atoms with van der Waals surface area (Å²) >= 11 is 6.00. The smallest absolute Gasteiger partial charge is 0.255 e. The molecular formula is C12H18ClN7. The first-order valence-corrected chi connectivity index (χ1v) is 7.00. The molecule has 2 aromatic heterocycles. The number of piperazine rings is 1. The molecule has 3 heterocycles. The van der Waals surface area contributed by atoms with Crippen molar-refractivity contribution in [3.05, 3.63) is 17.5 Å². The molecule has 2 aromatic rings. The summed E-state index contributed by atoms with van der Waals surface area (Å²) in [6.07, 6.45) is 1.48. The van der Waals surface area contributed by atoms with Gasteiger partial charge in [-0.2, -0.15) is 19.6 Å². The van der Waals surface area contributed by atoms with Crippen LogP contribution in [0.5, 0.6) is 0 Å². The van der Waals surface area contributed by atoms with E-state index in [2.05, 4.69) is 44.3 Å². The van der Waals surface area contributed by atoms with Gasteiger partial charge in [0.05, 0.1) is 0 Å². The number of nitrogens with zero attached hydrogens (tertiary/aromatic N) is 6. The molecule has 0 aromatic carbocycles. The Balaban J connectivity index is 1.74. The summed E-state index contributed by atoms with van der Waals surface area (Å²) in [7, 11) is 4.31. The van der Waals surface area contributed by atoms with Gasteiger partial charge in [0.15, 0.2) is 0 Å². The molecule has 7 nitrogen and oxygen atoms in total. The zero-order chi connectivity index (χ0) is 14.1. The van der Waals surface area contributed by atoms with Gasteiger partial charge in [-0.3, -0.25) is 4.90 Å². The summed E-state index contributed by atoms with van der Waals surface area (Å²) in [5.41, 5.74) is 0. The SMILES string of the molecule is CN1CCN(C)C(CNc2cc(Cl)nc3ncnn23)C1. The van der Waals surface area contributed by atoms with Crippen LogP contribution in [0.4, 0.5) is 5.82 Å². The molecule has 8 heteroatoms. The molecule has 1 N–H and O–H groups in total. The van der Waals surface area contributed by atoms with Crippen molar-refractivity contribution in [3.63, 3.8) is 0 Å². The van der Waals surface area contributed by atoms with Gasteiger partial charge in [0.1, 0.15) is 17.3 Å². The first-order chi connectivity index (χ1) is 9.63. The number of rotatable bonds is 3. The monoisotopic (exact) mass is 295 g/mol. The van der Waals surface area contributed by atoms with E-state index in [9.17, 15) is 0 Å². The van der Waals surface area contributed by atoms with Gasteiger partial charge in [0.2, 0.25) is 0 Å². The molecule has 1 saturated heterocycles. The van der Waals surface area contributed by atoms with Crippen molar-refractivity contribution in [2.45, 2.75) is 6.04 Å². The minimum atomic E-state index is 0.419. The lowest BCUT2D eigenvalue weighted by Crippen LogP contribution is -2.52. The molecular weight excluding hydrogens is 278 g/mol. The zero-order valence-electron chi connectivity index (χ0n) is 11.6. The normalized spacial score (nSPS) is 21.4. The maximum absolute atomic E-state index is 6.00. The second kappa shape index (κ2) is 5.51. The molecule has 0 aliphatic carbocycles. The van der Waals surface area contributed by atoms with Gasteiger partial charge in [0.25, 0.3) is 5.78 Å². The van der Waals surface area contributed by atoms with E-state index in [1.807, 2.05) is 0 Å². The maximum Gasteiger partial charge on any atom is 0.255 e. The van der Waals surface area contributed by atoms with Gasteiger partial charge in [0, 0.05) is 38.3 Å². The van der Waals surface area contributed by atoms with Crippen molar-refractivity contribution < 1.29 is 0 Å². The molecule has 0 spiro atoms. The summed E-state index contributed by atoms with van der Waals surface area (Å²) in [5.74, 6) is 1.33. The van der Waals surface area contributed by atoms with E-state index in [0.29, 0.717) is 17.0 Å². The standard InChI is InChI=1S/C12H18ClN7/c1-18-3-4-19(2)9(7-18)6-14-11-5-10(13)17-12-15-8-16-20(11)12/h5,8-9,14H,3-4,6-7H2,1-2H3. The average molecular weight is 296 g/mol. The summed E-state index contributed by atoms with van der Waals surface area (Å²) in [6.45, 7) is 4.07. The Hall–Kier alpha value is -1.44. The van der Waals surface area contributed by atoms with Crippen molar-refractivity contribution in [1.29, 1.82) is 0 Å². The molecule has 1 fully saturated rings. The lowest BCUT2D eigenvalue weighted by Gasteiger charge is -2.37. The van der Waals surface area contributed by atoms with Crippen LogP contribution in [0.15, 0.2) is 12.4 Å². The molecule has 20 heavy (non-hydrogen) atoms. The summed E-state index contributed by atoms with van der Waals surface area (Å²) < 4.78 is 1.67. The number of aromatic nitrogens is 4. The van der Waals surface area contributed by atoms with E-state index in [0.717, 1.165) is 32.0 Å². The summed E-state index contributed by atoms with van der Waals surface area (Å²) in [6, 6.07) is 2.23. The molecule has 1 atom stereocenters. The predicted molar refractivity (Wildman–Crippen MR) is 78.2 cm³/mol. The highest BCUT2D eigenvalue weighted by Crippen LogP contribution is 2.15. The highest BCUT2D eigenvalue weighted by molar-refractivity contribution is 6.29. The first-order valence-electron chi connectivity index (χ1n) is 6.62. The molecule has 0 saturated carbocycles. The van der Waals surface area contributed by atoms with E-state index in [1.54, 1.807) is 10.6 Å². The fraction of sp³-hybridized carbons (Fsp3) is 0.583. The Kier molecular flexibility index (Phi) is 3.73. The summed E-state index contributed by atoms with van der Waals surface area (Å²) in [5, 5.41) is 7.98. The highest BCUT2D eigenvalue weighted by atomic mass is 35.5. The van der Waals surface area contributed by atoms with E-state index in [-0.39, 0.29) is 0 Å². The Labute approximate surface area is 122 Å². The fourth-order valence-corrected chi connectivity index (χ4v) is 2.63. The lowest BCUT2D eigenvalue weighted by atomic mass is 10.2. The number of likely N-dealkylation sites (N-methyl/N-ethyl adjacent to an activating group) is 2. The van der Waals surface area contributed by atoms with Crippen LogP contribution in [0.3, 0.4) is 0 Å². The molecule has 3 rings (SSSR count). The molecule has 108 valence electrons. The third kappa shape index (κ3) is 2.70. The average Bonchev–Trinajstić information content (AvgIpc) is 2.87. The number of anilines is 1. The molecule has 1 aliphatic rings. The Morgan fingerprint density at radius 1 is 1.40 bits per heavy atom. The topological polar surface area (TPSA) is 61.6 Å². The van der Waals surface area contributed by atoms with E-state index in [4.69, 9.17) is 11.6 Å². The molecule has 1 unspecified atom stereocenters. The quantitative estimate of drug-likeness (QED) is 0.829. The number of hydrogen-bond acceptors (Lipinski definition) is 6. The second-order valence-corrected chi connectivity index (χ2v) is 5.60. The number of nitrogens with one attached hydrogen (secondary N) is 1. The number of hydrogen-bond donors (Lipinski definition) is 1. The van der Waals surface area contributed by atoms with Crippen LogP contribution < -0.4 is 5.32 Å². The zero-order valence-corrected chi connectivity index (χ0v) is 12.4. The summed E-state index contributed by atoms with van der Waals surface area (Å²) in [4.78, 5) is 12.9. The number of fused-ring (bicyclic) bond motifs is 1. The van der Waals surface area contributed by atoms with E-state index in [1.165, 1.54) is 6.33 Å². The van der Waals surface area contributed by atoms with Crippen LogP contribution in [0.2, 0.25) is 5.15 Å². The van der Waals surface area contributed by atoms with Crippen LogP contribution in [-0.2, 0) is 0 Å². The Morgan fingerprint density at radius 3 is 3.10 bits per heavy atom. The van der Waals surface area contributed by atoms with Crippen LogP contribution in [0.1, 0.15) is 0 Å². The number of halogens is 1. The third-order valence-electron chi connectivity index (χ3n) is 3.72. The van der Waals surface area contributed by atoms with Crippen LogP contribution in [-0.4, -0.2) is 75.7 Å². The van der Waals surface area contributed by atoms with Gasteiger partial charge in [-0.05, 0) is 14.1 Å². The van der Waals surface area contributed by atoms with Gasteiger partial charge < -0.3 is 10.2 Å². The van der Waals surface area contributed by atoms with Gasteiger partial charge >= 0.3 is 0 Å². The Bertz CT molecular complexity index is 599. The minimum Gasteiger partial charge on any atom is -0.368 e. The van der Waals surface area contributed by atoms with Crippen molar-refractivity contribution in [2.24, 2.45) is 0 Å². The van der Waals surface area contributed by atoms with Crippen molar-refractivity contribution in [3.8, 4) is 0 Å². The lowest BCUT2D eigenvalue weighted by molar-refractivity contribution is 0.122. The van der Waals surface area contributed by atoms with E-state index < -0.39 is 0 Å². The minimum absolute atomic E-state index is 0.419. The first kappa shape index (κ1) is 13.5. The van der Waals surface area contributed by atoms with Crippen LogP contribution in [0.25, 0.3) is 5.78 Å². The second-order valence-electron chi connectivity index (χ2n) is 5.21. The molecule has 0 radical (unpaired) electrons. The highest BCUT2D eigenvalue weighted by Gasteiger charge is 2.22. The maximum atomic E-state index is 6.00. The Morgan fingerprint density at radius 2 is 2.25 bits per heavy atom. The fourth-order valence-electron chi connectivity index (χ4n) is 2.45. The third-order valence-corrected chi connectivity index (χ3v) is 3.91. The van der Waals surface area contributed by atoms with Crippen molar-refractivity contribution in [2.75, 3.05) is 45.6 Å². The largest absolute Gasteiger partial charge is 0.368 e. The van der Waals surface area contributed by atoms with Crippen molar-refractivity contribution >= 4 is 23.2 Å². The van der Waals surface area contributed by atoms with Gasteiger partial charge in [-0.1, -0.05) is 11.6 Å². The molecule has 1 aliphatic heterocycles. The molecule has 0 amide bonds. The van der Waals surface area contributed by atoms with Gasteiger partial charge in [-0.15, -0.1) is 0 Å². The van der Waals surface area contributed by atoms with E-state index >= 15 is 0 Å². The van der Waals surface area contributed by atoms with Gasteiger partial charge in [-0.25, -0.2) is 0 Å². The van der Waals surface area contributed by atoms with Crippen LogP contribution >= 0.6 is 11.6 Å².